The third-order valence-corrected chi connectivity index (χ3v) is 4.05. The molecular weight excluding hydrogens is 198 g/mol. The Bertz CT molecular complexity index is 406. The monoisotopic (exact) mass is 219 g/mol. The number of nitrogens with two attached hydrogens (primary N) is 1. The summed E-state index contributed by atoms with van der Waals surface area (Å²) >= 11 is 0. The van der Waals surface area contributed by atoms with Crippen molar-refractivity contribution in [3.05, 3.63) is 34.9 Å². The van der Waals surface area contributed by atoms with E-state index in [1.807, 2.05) is 13.8 Å². The highest BCUT2D eigenvalue weighted by Gasteiger charge is 2.42. The van der Waals surface area contributed by atoms with E-state index in [2.05, 4.69) is 25.1 Å². The lowest BCUT2D eigenvalue weighted by atomic mass is 9.69. The summed E-state index contributed by atoms with van der Waals surface area (Å²) in [6, 6.07) is 6.35. The Morgan fingerprint density at radius 3 is 2.69 bits per heavy atom. The number of aryl methyl sites for hydroxylation is 1. The molecule has 1 unspecified atom stereocenters. The van der Waals surface area contributed by atoms with Crippen LogP contribution < -0.4 is 5.73 Å². The van der Waals surface area contributed by atoms with Crippen molar-refractivity contribution in [2.45, 2.75) is 51.2 Å². The van der Waals surface area contributed by atoms with Gasteiger partial charge in [-0.05, 0) is 56.7 Å². The van der Waals surface area contributed by atoms with Gasteiger partial charge in [-0.2, -0.15) is 0 Å². The summed E-state index contributed by atoms with van der Waals surface area (Å²) in [5.41, 5.74) is 9.10. The maximum absolute atomic E-state index is 10.2. The van der Waals surface area contributed by atoms with Gasteiger partial charge in [-0.3, -0.25) is 0 Å². The van der Waals surface area contributed by atoms with E-state index < -0.39 is 11.1 Å². The molecule has 3 N–H and O–H groups in total. The summed E-state index contributed by atoms with van der Waals surface area (Å²) in [7, 11) is 0. The van der Waals surface area contributed by atoms with Crippen LogP contribution in [0.25, 0.3) is 0 Å². The molecule has 0 aliphatic heterocycles. The molecule has 2 heteroatoms. The van der Waals surface area contributed by atoms with Gasteiger partial charge in [0.05, 0.1) is 5.60 Å². The first-order chi connectivity index (χ1) is 7.33. The summed E-state index contributed by atoms with van der Waals surface area (Å²) in [6.45, 7) is 5.77. The van der Waals surface area contributed by atoms with E-state index in [1.54, 1.807) is 0 Å². The van der Waals surface area contributed by atoms with Crippen LogP contribution in [0.3, 0.4) is 0 Å². The minimum atomic E-state index is -0.825. The van der Waals surface area contributed by atoms with Crippen LogP contribution in [0.2, 0.25) is 0 Å². The van der Waals surface area contributed by atoms with Crippen LogP contribution in [0, 0.1) is 6.92 Å². The number of rotatable bonds is 1. The lowest BCUT2D eigenvalue weighted by Gasteiger charge is -2.44. The van der Waals surface area contributed by atoms with Crippen molar-refractivity contribution in [3.63, 3.8) is 0 Å². The summed E-state index contributed by atoms with van der Waals surface area (Å²) in [4.78, 5) is 0. The minimum Gasteiger partial charge on any atom is -0.389 e. The van der Waals surface area contributed by atoms with Gasteiger partial charge in [0.1, 0.15) is 0 Å². The number of hydrogen-bond donors (Lipinski definition) is 2. The van der Waals surface area contributed by atoms with E-state index in [4.69, 9.17) is 5.73 Å². The average Bonchev–Trinajstić information content (AvgIpc) is 2.16. The maximum Gasteiger partial charge on any atom is 0.0773 e. The molecule has 1 atom stereocenters. The van der Waals surface area contributed by atoms with E-state index in [-0.39, 0.29) is 0 Å². The normalized spacial score (nSPS) is 25.3. The average molecular weight is 219 g/mol. The van der Waals surface area contributed by atoms with Gasteiger partial charge in [-0.25, -0.2) is 0 Å². The molecule has 0 heterocycles. The van der Waals surface area contributed by atoms with Crippen LogP contribution >= 0.6 is 0 Å². The molecule has 0 spiro atoms. The van der Waals surface area contributed by atoms with Crippen LogP contribution in [0.4, 0.5) is 0 Å². The zero-order valence-corrected chi connectivity index (χ0v) is 10.4. The summed E-state index contributed by atoms with van der Waals surface area (Å²) in [6.07, 6.45) is 2.60. The van der Waals surface area contributed by atoms with E-state index in [1.165, 1.54) is 16.7 Å². The second-order valence-corrected chi connectivity index (χ2v) is 5.60. The van der Waals surface area contributed by atoms with E-state index in [0.717, 1.165) is 19.3 Å². The molecule has 0 amide bonds. The van der Waals surface area contributed by atoms with E-state index >= 15 is 0 Å². The number of fused-ring (bicyclic) bond motifs is 1. The third-order valence-electron chi connectivity index (χ3n) is 4.05. The first-order valence-corrected chi connectivity index (χ1v) is 5.92. The molecule has 2 nitrogen and oxygen atoms in total. The van der Waals surface area contributed by atoms with Crippen molar-refractivity contribution >= 4 is 0 Å². The van der Waals surface area contributed by atoms with Gasteiger partial charge in [0.25, 0.3) is 0 Å². The predicted octanol–water partition coefficient (Wildman–Crippen LogP) is 1.95. The van der Waals surface area contributed by atoms with Crippen LogP contribution in [0.15, 0.2) is 18.2 Å². The van der Waals surface area contributed by atoms with Gasteiger partial charge < -0.3 is 10.8 Å². The molecule has 16 heavy (non-hydrogen) atoms. The highest BCUT2D eigenvalue weighted by atomic mass is 16.3. The Kier molecular flexibility index (Phi) is 2.59. The van der Waals surface area contributed by atoms with Crippen molar-refractivity contribution < 1.29 is 5.11 Å². The fourth-order valence-corrected chi connectivity index (χ4v) is 2.58. The van der Waals surface area contributed by atoms with Gasteiger partial charge in [0.2, 0.25) is 0 Å². The molecule has 1 aromatic rings. The van der Waals surface area contributed by atoms with Gasteiger partial charge in [0, 0.05) is 5.54 Å². The largest absolute Gasteiger partial charge is 0.389 e. The molecule has 0 fully saturated rings. The van der Waals surface area contributed by atoms with Crippen LogP contribution in [0.1, 0.15) is 37.0 Å². The Balaban J connectivity index is 2.38. The highest BCUT2D eigenvalue weighted by molar-refractivity contribution is 5.38. The molecule has 0 bridgehead atoms. The molecule has 0 aromatic heterocycles. The highest BCUT2D eigenvalue weighted by Crippen LogP contribution is 2.35. The molecule has 0 saturated heterocycles. The Labute approximate surface area is 97.5 Å². The zero-order valence-electron chi connectivity index (χ0n) is 10.4. The fourth-order valence-electron chi connectivity index (χ4n) is 2.58. The number of hydrogen-bond acceptors (Lipinski definition) is 2. The number of benzene rings is 1. The Morgan fingerprint density at radius 2 is 2.06 bits per heavy atom. The molecule has 1 aromatic carbocycles. The van der Waals surface area contributed by atoms with Gasteiger partial charge >= 0.3 is 0 Å². The fraction of sp³-hybridized carbons (Fsp3) is 0.571. The summed E-state index contributed by atoms with van der Waals surface area (Å²) in [5, 5.41) is 10.2. The Morgan fingerprint density at radius 1 is 1.38 bits per heavy atom. The zero-order chi connectivity index (χ0) is 12.0. The minimum absolute atomic E-state index is 0.492. The first-order valence-electron chi connectivity index (χ1n) is 5.92. The third kappa shape index (κ3) is 1.76. The second-order valence-electron chi connectivity index (χ2n) is 5.60. The summed E-state index contributed by atoms with van der Waals surface area (Å²) < 4.78 is 0. The smallest absolute Gasteiger partial charge is 0.0773 e. The van der Waals surface area contributed by atoms with Crippen molar-refractivity contribution in [1.29, 1.82) is 0 Å². The molecule has 2 rings (SSSR count). The maximum atomic E-state index is 10.2. The van der Waals surface area contributed by atoms with Gasteiger partial charge in [0.15, 0.2) is 0 Å². The van der Waals surface area contributed by atoms with E-state index in [0.29, 0.717) is 0 Å². The van der Waals surface area contributed by atoms with Crippen LogP contribution in [0.5, 0.6) is 0 Å². The predicted molar refractivity (Wildman–Crippen MR) is 66.4 cm³/mol. The SMILES string of the molecule is Cc1cccc2c1CCC(N)(C(C)(C)O)C2. The molecule has 1 aliphatic carbocycles. The first kappa shape index (κ1) is 11.6. The molecular formula is C14H21NO. The quantitative estimate of drug-likeness (QED) is 0.758. The van der Waals surface area contributed by atoms with Crippen LogP contribution in [-0.4, -0.2) is 16.2 Å². The van der Waals surface area contributed by atoms with Crippen LogP contribution in [-0.2, 0) is 12.8 Å². The molecule has 1 aliphatic rings. The topological polar surface area (TPSA) is 46.2 Å². The van der Waals surface area contributed by atoms with Gasteiger partial charge in [-0.15, -0.1) is 0 Å². The lowest BCUT2D eigenvalue weighted by molar-refractivity contribution is -0.00944. The van der Waals surface area contributed by atoms with E-state index in [9.17, 15) is 5.11 Å². The van der Waals surface area contributed by atoms with Gasteiger partial charge in [-0.1, -0.05) is 18.2 Å². The molecule has 88 valence electrons. The van der Waals surface area contributed by atoms with Crippen molar-refractivity contribution in [2.75, 3.05) is 0 Å². The van der Waals surface area contributed by atoms with Crippen molar-refractivity contribution in [1.82, 2.24) is 0 Å². The van der Waals surface area contributed by atoms with Crippen molar-refractivity contribution in [3.8, 4) is 0 Å². The second kappa shape index (κ2) is 3.57. The van der Waals surface area contributed by atoms with Crippen molar-refractivity contribution in [2.24, 2.45) is 5.73 Å². The molecule has 0 saturated carbocycles. The number of aliphatic hydroxyl groups is 1. The lowest BCUT2D eigenvalue weighted by Crippen LogP contribution is -2.60. The standard InChI is InChI=1S/C14H21NO/c1-10-5-4-6-11-9-14(15,13(2,3)16)8-7-12(10)11/h4-6,16H,7-9,15H2,1-3H3. The molecule has 0 radical (unpaired) electrons. The summed E-state index contributed by atoms with van der Waals surface area (Å²) in [5.74, 6) is 0. The Hall–Kier alpha value is -0.860.